The van der Waals surface area contributed by atoms with E-state index in [0.29, 0.717) is 0 Å². The Hall–Kier alpha value is -4.30. The first kappa shape index (κ1) is 19.1. The van der Waals surface area contributed by atoms with Crippen molar-refractivity contribution in [2.45, 2.75) is 19.3 Å². The molecule has 0 saturated heterocycles. The fourth-order valence-corrected chi connectivity index (χ4v) is 6.31. The normalized spacial score (nSPS) is 14.2. The van der Waals surface area contributed by atoms with Crippen LogP contribution in [0.2, 0.25) is 0 Å². The second-order valence-electron chi connectivity index (χ2n) is 10.2. The van der Waals surface area contributed by atoms with Crippen molar-refractivity contribution in [1.29, 1.82) is 0 Å². The van der Waals surface area contributed by atoms with Crippen LogP contribution < -0.4 is 0 Å². The Labute approximate surface area is 203 Å². The van der Waals surface area contributed by atoms with Gasteiger partial charge in [-0.15, -0.1) is 0 Å². The average molecular weight is 450 g/mol. The number of hydrogen-bond donors (Lipinski definition) is 0. The van der Waals surface area contributed by atoms with Crippen LogP contribution in [0.15, 0.2) is 108 Å². The molecule has 35 heavy (non-hydrogen) atoms. The highest BCUT2D eigenvalue weighted by Crippen LogP contribution is 2.48. The monoisotopic (exact) mass is 449 g/mol. The van der Waals surface area contributed by atoms with Crippen LogP contribution >= 0.6 is 0 Å². The van der Waals surface area contributed by atoms with Gasteiger partial charge in [0.15, 0.2) is 0 Å². The Morgan fingerprint density at radius 2 is 1.37 bits per heavy atom. The van der Waals surface area contributed by atoms with Crippen molar-refractivity contribution < 1.29 is 4.42 Å². The van der Waals surface area contributed by atoms with E-state index in [4.69, 9.17) is 4.42 Å². The van der Waals surface area contributed by atoms with Gasteiger partial charge in [0, 0.05) is 32.5 Å². The minimum absolute atomic E-state index is 0.0524. The van der Waals surface area contributed by atoms with E-state index < -0.39 is 0 Å². The van der Waals surface area contributed by atoms with Gasteiger partial charge in [-0.1, -0.05) is 92.7 Å². The van der Waals surface area contributed by atoms with E-state index in [2.05, 4.69) is 109 Å². The van der Waals surface area contributed by atoms with Crippen LogP contribution in [0, 0.1) is 0 Å². The zero-order valence-corrected chi connectivity index (χ0v) is 19.7. The third-order valence-electron chi connectivity index (χ3n) is 7.99. The summed E-state index contributed by atoms with van der Waals surface area (Å²) in [5, 5.41) is 4.91. The van der Waals surface area contributed by atoms with Gasteiger partial charge in [-0.2, -0.15) is 0 Å². The van der Waals surface area contributed by atoms with Crippen LogP contribution in [-0.4, -0.2) is 4.57 Å². The number of nitrogens with zero attached hydrogens (tertiary/aromatic N) is 1. The summed E-state index contributed by atoms with van der Waals surface area (Å²) in [4.78, 5) is 0. The SMILES string of the molecule is CC1(C)c2ccccc2-n2c3ccc(-c4cccc5c4oc4ccccc45)cc3c3cccc1c32. The summed E-state index contributed by atoms with van der Waals surface area (Å²) in [6.45, 7) is 4.69. The van der Waals surface area contributed by atoms with E-state index in [1.54, 1.807) is 0 Å². The molecule has 2 heteroatoms. The molecule has 2 nitrogen and oxygen atoms in total. The van der Waals surface area contributed by atoms with Crippen molar-refractivity contribution in [1.82, 2.24) is 4.57 Å². The van der Waals surface area contributed by atoms with E-state index in [1.807, 2.05) is 12.1 Å². The number of fused-ring (bicyclic) bond motifs is 8. The van der Waals surface area contributed by atoms with Gasteiger partial charge in [-0.3, -0.25) is 0 Å². The van der Waals surface area contributed by atoms with Gasteiger partial charge in [0.05, 0.1) is 16.7 Å². The van der Waals surface area contributed by atoms with Gasteiger partial charge in [0.25, 0.3) is 0 Å². The van der Waals surface area contributed by atoms with E-state index in [-0.39, 0.29) is 5.41 Å². The molecule has 1 aliphatic heterocycles. The highest BCUT2D eigenvalue weighted by Gasteiger charge is 2.34. The second-order valence-corrected chi connectivity index (χ2v) is 10.2. The van der Waals surface area contributed by atoms with Gasteiger partial charge in [-0.25, -0.2) is 0 Å². The molecule has 1 aliphatic rings. The first-order valence-corrected chi connectivity index (χ1v) is 12.2. The lowest BCUT2D eigenvalue weighted by Gasteiger charge is -2.34. The van der Waals surface area contributed by atoms with E-state index in [0.717, 1.165) is 27.5 Å². The van der Waals surface area contributed by atoms with Crippen LogP contribution in [-0.2, 0) is 5.41 Å². The third-order valence-corrected chi connectivity index (χ3v) is 7.99. The zero-order valence-electron chi connectivity index (χ0n) is 19.7. The summed E-state index contributed by atoms with van der Waals surface area (Å²) in [5.41, 5.74) is 10.7. The van der Waals surface area contributed by atoms with E-state index in [1.165, 1.54) is 44.2 Å². The molecular weight excluding hydrogens is 426 g/mol. The lowest BCUT2D eigenvalue weighted by molar-refractivity contribution is 0.630. The summed E-state index contributed by atoms with van der Waals surface area (Å²) < 4.78 is 8.83. The third kappa shape index (κ3) is 2.34. The molecule has 0 fully saturated rings. The fraction of sp³-hybridized carbons (Fsp3) is 0.0909. The standard InChI is InChI=1S/C33H23NO/c1-33(2)26-13-4-5-15-29(26)34-28-18-17-20(19-25(28)23-11-8-14-27(33)31(23)34)21-10-7-12-24-22-9-3-6-16-30(22)35-32(21)24/h3-19H,1-2H3. The molecule has 7 aromatic rings. The van der Waals surface area contributed by atoms with Crippen molar-refractivity contribution in [3.05, 3.63) is 114 Å². The van der Waals surface area contributed by atoms with Gasteiger partial charge in [0.2, 0.25) is 0 Å². The molecule has 8 rings (SSSR count). The lowest BCUT2D eigenvalue weighted by atomic mass is 9.75. The van der Waals surface area contributed by atoms with Crippen molar-refractivity contribution in [3.63, 3.8) is 0 Å². The first-order chi connectivity index (χ1) is 17.1. The Kier molecular flexibility index (Phi) is 3.50. The van der Waals surface area contributed by atoms with Crippen molar-refractivity contribution in [2.75, 3.05) is 0 Å². The van der Waals surface area contributed by atoms with E-state index in [9.17, 15) is 0 Å². The summed E-state index contributed by atoms with van der Waals surface area (Å²) >= 11 is 0. The number of furan rings is 1. The lowest BCUT2D eigenvalue weighted by Crippen LogP contribution is -2.26. The average Bonchev–Trinajstić information content (AvgIpc) is 3.43. The van der Waals surface area contributed by atoms with Gasteiger partial charge < -0.3 is 8.98 Å². The predicted octanol–water partition coefficient (Wildman–Crippen LogP) is 8.99. The molecule has 0 N–H and O–H groups in total. The van der Waals surface area contributed by atoms with Gasteiger partial charge in [0.1, 0.15) is 11.2 Å². The number of benzene rings is 5. The number of rotatable bonds is 1. The maximum absolute atomic E-state index is 6.36. The number of hydrogen-bond acceptors (Lipinski definition) is 1. The molecule has 0 spiro atoms. The fourth-order valence-electron chi connectivity index (χ4n) is 6.31. The van der Waals surface area contributed by atoms with Crippen molar-refractivity contribution >= 4 is 43.7 Å². The summed E-state index contributed by atoms with van der Waals surface area (Å²) in [6, 6.07) is 37.3. The Morgan fingerprint density at radius 1 is 0.629 bits per heavy atom. The Morgan fingerprint density at radius 3 is 2.31 bits per heavy atom. The first-order valence-electron chi connectivity index (χ1n) is 12.2. The molecule has 0 atom stereocenters. The Balaban J connectivity index is 1.47. The van der Waals surface area contributed by atoms with Crippen molar-refractivity contribution in [2.24, 2.45) is 0 Å². The molecule has 0 radical (unpaired) electrons. The van der Waals surface area contributed by atoms with Gasteiger partial charge in [-0.05, 0) is 41.0 Å². The summed E-state index contributed by atoms with van der Waals surface area (Å²) in [6.07, 6.45) is 0. The van der Waals surface area contributed by atoms with Crippen LogP contribution in [0.5, 0.6) is 0 Å². The molecule has 166 valence electrons. The van der Waals surface area contributed by atoms with Crippen LogP contribution in [0.25, 0.3) is 60.6 Å². The minimum atomic E-state index is -0.0524. The highest BCUT2D eigenvalue weighted by molar-refractivity contribution is 6.14. The van der Waals surface area contributed by atoms with Gasteiger partial charge >= 0.3 is 0 Å². The van der Waals surface area contributed by atoms with Crippen LogP contribution in [0.1, 0.15) is 25.0 Å². The molecular formula is C33H23NO. The molecule has 0 aliphatic carbocycles. The molecule has 0 bridgehead atoms. The molecule has 0 amide bonds. The molecule has 3 heterocycles. The van der Waals surface area contributed by atoms with E-state index >= 15 is 0 Å². The van der Waals surface area contributed by atoms with Crippen LogP contribution in [0.3, 0.4) is 0 Å². The molecule has 5 aromatic carbocycles. The summed E-state index contributed by atoms with van der Waals surface area (Å²) in [7, 11) is 0. The molecule has 0 unspecified atom stereocenters. The minimum Gasteiger partial charge on any atom is -0.455 e. The highest BCUT2D eigenvalue weighted by atomic mass is 16.3. The quantitative estimate of drug-likeness (QED) is 0.244. The zero-order chi connectivity index (χ0) is 23.3. The molecule has 0 saturated carbocycles. The number of para-hydroxylation sites is 4. The topological polar surface area (TPSA) is 18.1 Å². The smallest absolute Gasteiger partial charge is 0.143 e. The predicted molar refractivity (Wildman–Crippen MR) is 146 cm³/mol. The maximum atomic E-state index is 6.36. The van der Waals surface area contributed by atoms with Crippen molar-refractivity contribution in [3.8, 4) is 16.8 Å². The molecule has 2 aromatic heterocycles. The maximum Gasteiger partial charge on any atom is 0.143 e. The Bertz CT molecular complexity index is 1980. The number of aromatic nitrogens is 1. The summed E-state index contributed by atoms with van der Waals surface area (Å²) in [5.74, 6) is 0. The van der Waals surface area contributed by atoms with Crippen LogP contribution in [0.4, 0.5) is 0 Å². The largest absolute Gasteiger partial charge is 0.455 e. The second kappa shape index (κ2) is 6.43.